The average Bonchev–Trinajstić information content (AvgIpc) is 3.11. The molecule has 6 heteroatoms. The van der Waals surface area contributed by atoms with Crippen LogP contribution in [-0.4, -0.2) is 63.7 Å². The van der Waals surface area contributed by atoms with E-state index in [4.69, 9.17) is 19.2 Å². The van der Waals surface area contributed by atoms with Crippen molar-refractivity contribution in [1.29, 1.82) is 0 Å². The summed E-state index contributed by atoms with van der Waals surface area (Å²) < 4.78 is 17.4. The first-order valence-electron chi connectivity index (χ1n) is 10.3. The van der Waals surface area contributed by atoms with Crippen LogP contribution < -0.4 is 10.6 Å². The molecule has 2 aliphatic heterocycles. The van der Waals surface area contributed by atoms with Crippen LogP contribution in [0.5, 0.6) is 0 Å². The highest BCUT2D eigenvalue weighted by Crippen LogP contribution is 2.34. The maximum absolute atomic E-state index is 6.08. The third-order valence-corrected chi connectivity index (χ3v) is 4.98. The first kappa shape index (κ1) is 21.5. The summed E-state index contributed by atoms with van der Waals surface area (Å²) in [6.45, 7) is 15.7. The third-order valence-electron chi connectivity index (χ3n) is 4.98. The molecule has 152 valence electrons. The first-order valence-corrected chi connectivity index (χ1v) is 10.3. The van der Waals surface area contributed by atoms with Crippen molar-refractivity contribution < 1.29 is 14.2 Å². The lowest BCUT2D eigenvalue weighted by Crippen LogP contribution is -2.46. The molecular weight excluding hydrogens is 330 g/mol. The zero-order valence-corrected chi connectivity index (χ0v) is 17.3. The van der Waals surface area contributed by atoms with Gasteiger partial charge in [0.25, 0.3) is 0 Å². The van der Waals surface area contributed by atoms with Crippen molar-refractivity contribution in [1.82, 2.24) is 10.6 Å². The first-order chi connectivity index (χ1) is 12.4. The molecule has 4 unspecified atom stereocenters. The molecule has 26 heavy (non-hydrogen) atoms. The Balaban J connectivity index is 1.85. The number of nitrogens with zero attached hydrogens (tertiary/aromatic N) is 1. The molecular formula is C20H39N3O3. The topological polar surface area (TPSA) is 64.1 Å². The van der Waals surface area contributed by atoms with Gasteiger partial charge in [-0.2, -0.15) is 0 Å². The smallest absolute Gasteiger partial charge is 0.191 e. The second-order valence-electron chi connectivity index (χ2n) is 8.64. The van der Waals surface area contributed by atoms with E-state index in [0.717, 1.165) is 51.7 Å². The second kappa shape index (κ2) is 10.5. The monoisotopic (exact) mass is 369 g/mol. The van der Waals surface area contributed by atoms with E-state index in [1.54, 1.807) is 0 Å². The van der Waals surface area contributed by atoms with Crippen LogP contribution in [0.1, 0.15) is 53.9 Å². The molecule has 6 nitrogen and oxygen atoms in total. The Labute approximate surface area is 159 Å². The minimum atomic E-state index is 0.150. The number of hydrogen-bond donors (Lipinski definition) is 2. The summed E-state index contributed by atoms with van der Waals surface area (Å²) in [6.07, 6.45) is 3.82. The summed E-state index contributed by atoms with van der Waals surface area (Å²) >= 11 is 0. The van der Waals surface area contributed by atoms with Crippen LogP contribution in [0, 0.1) is 11.3 Å². The zero-order valence-electron chi connectivity index (χ0n) is 17.3. The number of guanidine groups is 1. The normalized spacial score (nSPS) is 28.8. The van der Waals surface area contributed by atoms with Gasteiger partial charge in [0.2, 0.25) is 0 Å². The Kier molecular flexibility index (Phi) is 8.64. The van der Waals surface area contributed by atoms with E-state index in [-0.39, 0.29) is 23.7 Å². The van der Waals surface area contributed by atoms with Gasteiger partial charge in [0.15, 0.2) is 5.96 Å². The van der Waals surface area contributed by atoms with Crippen molar-refractivity contribution in [3.8, 4) is 0 Å². The molecule has 2 N–H and O–H groups in total. The highest BCUT2D eigenvalue weighted by Gasteiger charge is 2.35. The SMILES string of the molecule is CCNC(=NCC1CCCOC1C(C)(C)C)NC(C)COC1CCOC1. The fraction of sp³-hybridized carbons (Fsp3) is 0.950. The molecule has 0 aliphatic carbocycles. The molecule has 0 amide bonds. The van der Waals surface area contributed by atoms with Gasteiger partial charge in [0, 0.05) is 38.3 Å². The van der Waals surface area contributed by atoms with E-state index in [0.29, 0.717) is 12.5 Å². The zero-order chi connectivity index (χ0) is 19.0. The molecule has 0 spiro atoms. The van der Waals surface area contributed by atoms with Crippen molar-refractivity contribution in [2.75, 3.05) is 39.5 Å². The van der Waals surface area contributed by atoms with Gasteiger partial charge < -0.3 is 24.8 Å². The number of ether oxygens (including phenoxy) is 3. The van der Waals surface area contributed by atoms with Gasteiger partial charge in [-0.05, 0) is 38.5 Å². The fourth-order valence-electron chi connectivity index (χ4n) is 3.72. The van der Waals surface area contributed by atoms with Crippen LogP contribution in [-0.2, 0) is 14.2 Å². The van der Waals surface area contributed by atoms with Crippen LogP contribution >= 0.6 is 0 Å². The standard InChI is InChI=1S/C20H39N3O3/c1-6-21-19(23-15(2)13-26-17-9-11-24-14-17)22-12-16-8-7-10-25-18(16)20(3,4)5/h15-18H,6-14H2,1-5H3,(H2,21,22,23). The molecule has 2 saturated heterocycles. The van der Waals surface area contributed by atoms with E-state index in [2.05, 4.69) is 45.3 Å². The maximum Gasteiger partial charge on any atom is 0.191 e. The Morgan fingerprint density at radius 2 is 2.08 bits per heavy atom. The number of aliphatic imine (C=N–C) groups is 1. The van der Waals surface area contributed by atoms with Gasteiger partial charge >= 0.3 is 0 Å². The number of hydrogen-bond acceptors (Lipinski definition) is 4. The molecule has 2 rings (SSSR count). The van der Waals surface area contributed by atoms with Gasteiger partial charge in [0.05, 0.1) is 25.4 Å². The largest absolute Gasteiger partial charge is 0.379 e. The van der Waals surface area contributed by atoms with Crippen LogP contribution in [0.3, 0.4) is 0 Å². The Hall–Kier alpha value is -0.850. The van der Waals surface area contributed by atoms with E-state index in [1.165, 1.54) is 6.42 Å². The Morgan fingerprint density at radius 3 is 2.73 bits per heavy atom. The molecule has 4 atom stereocenters. The van der Waals surface area contributed by atoms with Crippen molar-refractivity contribution in [3.05, 3.63) is 0 Å². The van der Waals surface area contributed by atoms with Gasteiger partial charge in [-0.15, -0.1) is 0 Å². The lowest BCUT2D eigenvalue weighted by atomic mass is 9.78. The van der Waals surface area contributed by atoms with Crippen LogP contribution in [0.4, 0.5) is 0 Å². The van der Waals surface area contributed by atoms with Gasteiger partial charge in [0.1, 0.15) is 0 Å². The predicted molar refractivity (Wildman–Crippen MR) is 106 cm³/mol. The quantitative estimate of drug-likeness (QED) is 0.533. The molecule has 0 bridgehead atoms. The molecule has 0 aromatic heterocycles. The molecule has 0 aromatic carbocycles. The van der Waals surface area contributed by atoms with Crippen molar-refractivity contribution in [2.45, 2.75) is 72.1 Å². The van der Waals surface area contributed by atoms with E-state index < -0.39 is 0 Å². The van der Waals surface area contributed by atoms with Crippen LogP contribution in [0.15, 0.2) is 4.99 Å². The van der Waals surface area contributed by atoms with E-state index in [9.17, 15) is 0 Å². The molecule has 2 heterocycles. The summed E-state index contributed by atoms with van der Waals surface area (Å²) in [5.41, 5.74) is 0.150. The third kappa shape index (κ3) is 7.05. The van der Waals surface area contributed by atoms with Gasteiger partial charge in [-0.3, -0.25) is 4.99 Å². The van der Waals surface area contributed by atoms with Gasteiger partial charge in [-0.1, -0.05) is 20.8 Å². The summed E-state index contributed by atoms with van der Waals surface area (Å²) in [6, 6.07) is 0.203. The maximum atomic E-state index is 6.08. The number of nitrogens with one attached hydrogen (secondary N) is 2. The molecule has 0 radical (unpaired) electrons. The molecule has 2 fully saturated rings. The minimum absolute atomic E-state index is 0.150. The summed E-state index contributed by atoms with van der Waals surface area (Å²) in [7, 11) is 0. The Bertz CT molecular complexity index is 431. The van der Waals surface area contributed by atoms with E-state index >= 15 is 0 Å². The molecule has 0 saturated carbocycles. The summed E-state index contributed by atoms with van der Waals surface area (Å²) in [4.78, 5) is 4.85. The summed E-state index contributed by atoms with van der Waals surface area (Å²) in [5.74, 6) is 1.34. The van der Waals surface area contributed by atoms with Crippen LogP contribution in [0.25, 0.3) is 0 Å². The van der Waals surface area contributed by atoms with Crippen LogP contribution in [0.2, 0.25) is 0 Å². The predicted octanol–water partition coefficient (Wildman–Crippen LogP) is 2.58. The van der Waals surface area contributed by atoms with Crippen molar-refractivity contribution >= 4 is 5.96 Å². The van der Waals surface area contributed by atoms with Crippen molar-refractivity contribution in [2.24, 2.45) is 16.3 Å². The second-order valence-corrected chi connectivity index (χ2v) is 8.64. The molecule has 2 aliphatic rings. The number of rotatable bonds is 7. The highest BCUT2D eigenvalue weighted by molar-refractivity contribution is 5.80. The summed E-state index contributed by atoms with van der Waals surface area (Å²) in [5, 5.41) is 6.82. The average molecular weight is 370 g/mol. The molecule has 0 aromatic rings. The lowest BCUT2D eigenvalue weighted by molar-refractivity contribution is -0.0823. The minimum Gasteiger partial charge on any atom is -0.379 e. The highest BCUT2D eigenvalue weighted by atomic mass is 16.5. The fourth-order valence-corrected chi connectivity index (χ4v) is 3.72. The lowest BCUT2D eigenvalue weighted by Gasteiger charge is -2.39. The Morgan fingerprint density at radius 1 is 1.27 bits per heavy atom. The van der Waals surface area contributed by atoms with Gasteiger partial charge in [-0.25, -0.2) is 0 Å². The van der Waals surface area contributed by atoms with Crippen molar-refractivity contribution in [3.63, 3.8) is 0 Å². The van der Waals surface area contributed by atoms with E-state index in [1.807, 2.05) is 0 Å².